The first-order valence-corrected chi connectivity index (χ1v) is 13.4. The molecule has 0 bridgehead atoms. The molecule has 2 aromatic carbocycles. The van der Waals surface area contributed by atoms with Crippen molar-refractivity contribution in [3.63, 3.8) is 0 Å². The Kier molecular flexibility index (Phi) is 9.21. The molecule has 0 N–H and O–H groups in total. The van der Waals surface area contributed by atoms with Gasteiger partial charge in [-0.3, -0.25) is 19.4 Å². The second-order valence-corrected chi connectivity index (χ2v) is 10.0. The van der Waals surface area contributed by atoms with Gasteiger partial charge in [-0.1, -0.05) is 52.0 Å². The lowest BCUT2D eigenvalue weighted by Gasteiger charge is -2.36. The fraction of sp³-hybridized carbons (Fsp3) is 0.500. The fourth-order valence-electron chi connectivity index (χ4n) is 4.96. The van der Waals surface area contributed by atoms with E-state index >= 15 is 0 Å². The van der Waals surface area contributed by atoms with Gasteiger partial charge in [-0.2, -0.15) is 0 Å². The standard InChI is InChI=1S/C26H26F2N2O3.2C2H6/c27-20-5-1-3-18(11-20)14-25(7-8-25)16-29-22(31)13-23(32)30(24(29)33)17-26(9-10-26)15-19-4-2-6-21(28)12-19;2*1-2/h1-6,11-12H,7-10,13-17H2;2*1-2H3. The Hall–Kier alpha value is -3.09. The molecule has 1 heterocycles. The zero-order valence-electron chi connectivity index (χ0n) is 22.4. The van der Waals surface area contributed by atoms with Crippen molar-refractivity contribution < 1.29 is 23.2 Å². The highest BCUT2D eigenvalue weighted by molar-refractivity contribution is 6.14. The van der Waals surface area contributed by atoms with Crippen molar-refractivity contribution in [1.82, 2.24) is 9.80 Å². The Bertz CT molecular complexity index is 1040. The molecule has 2 aromatic rings. The number of halogens is 2. The number of carbonyl (C=O) groups is 3. The molecule has 0 unspecified atom stereocenters. The van der Waals surface area contributed by atoms with Gasteiger partial charge >= 0.3 is 6.03 Å². The molecule has 0 radical (unpaired) electrons. The second kappa shape index (κ2) is 12.0. The van der Waals surface area contributed by atoms with Gasteiger partial charge < -0.3 is 0 Å². The fourth-order valence-corrected chi connectivity index (χ4v) is 4.96. The van der Waals surface area contributed by atoms with Gasteiger partial charge in [0, 0.05) is 13.1 Å². The summed E-state index contributed by atoms with van der Waals surface area (Å²) in [5.74, 6) is -1.56. The van der Waals surface area contributed by atoms with Gasteiger partial charge in [0.15, 0.2) is 0 Å². The zero-order valence-corrected chi connectivity index (χ0v) is 22.4. The summed E-state index contributed by atoms with van der Waals surface area (Å²) in [7, 11) is 0. The summed E-state index contributed by atoms with van der Waals surface area (Å²) in [5, 5.41) is 0. The van der Waals surface area contributed by atoms with E-state index < -0.39 is 17.8 Å². The van der Waals surface area contributed by atoms with Gasteiger partial charge in [-0.25, -0.2) is 13.6 Å². The van der Waals surface area contributed by atoms with E-state index in [9.17, 15) is 23.2 Å². The van der Waals surface area contributed by atoms with Crippen LogP contribution in [0.5, 0.6) is 0 Å². The lowest BCUT2D eigenvalue weighted by Crippen LogP contribution is -2.57. The minimum Gasteiger partial charge on any atom is -0.274 e. The largest absolute Gasteiger partial charge is 0.333 e. The minimum absolute atomic E-state index is 0.238. The number of barbiturate groups is 1. The summed E-state index contributed by atoms with van der Waals surface area (Å²) in [5.41, 5.74) is 1.15. The number of carbonyl (C=O) groups excluding carboxylic acids is 3. The maximum absolute atomic E-state index is 13.6. The molecule has 2 saturated carbocycles. The van der Waals surface area contributed by atoms with Gasteiger partial charge in [-0.15, -0.1) is 0 Å². The maximum atomic E-state index is 13.6. The number of urea groups is 1. The molecule has 3 fully saturated rings. The Labute approximate surface area is 218 Å². The van der Waals surface area contributed by atoms with E-state index in [0.717, 1.165) is 36.8 Å². The van der Waals surface area contributed by atoms with Crippen LogP contribution in [0.1, 0.15) is 70.9 Å². The average molecular weight is 513 g/mol. The van der Waals surface area contributed by atoms with Crippen LogP contribution in [0.2, 0.25) is 0 Å². The first kappa shape index (κ1) is 28.5. The summed E-state index contributed by atoms with van der Waals surface area (Å²) in [6, 6.07) is 12.2. The van der Waals surface area contributed by atoms with E-state index in [0.29, 0.717) is 12.8 Å². The van der Waals surface area contributed by atoms with Crippen LogP contribution in [0.15, 0.2) is 48.5 Å². The van der Waals surface area contributed by atoms with Crippen LogP contribution in [0.3, 0.4) is 0 Å². The van der Waals surface area contributed by atoms with Gasteiger partial charge in [0.05, 0.1) is 0 Å². The summed E-state index contributed by atoms with van der Waals surface area (Å²) < 4.78 is 27.2. The first-order chi connectivity index (χ1) is 17.8. The molecule has 5 nitrogen and oxygen atoms in total. The normalized spacial score (nSPS) is 18.9. The summed E-state index contributed by atoms with van der Waals surface area (Å²) in [6.45, 7) is 8.48. The van der Waals surface area contributed by atoms with Crippen molar-refractivity contribution in [3.05, 3.63) is 71.3 Å². The SMILES string of the molecule is CC.CC.O=C1CC(=O)N(CC2(Cc3cccc(F)c3)CC2)C(=O)N1CC1(Cc2cccc(F)c2)CC1. The van der Waals surface area contributed by atoms with E-state index in [2.05, 4.69) is 0 Å². The summed E-state index contributed by atoms with van der Waals surface area (Å²) >= 11 is 0. The molecule has 200 valence electrons. The Balaban J connectivity index is 0.000000907. The number of amides is 4. The van der Waals surface area contributed by atoms with Crippen LogP contribution in [0.25, 0.3) is 0 Å². The number of nitrogens with zero attached hydrogens (tertiary/aromatic N) is 2. The van der Waals surface area contributed by atoms with E-state index in [1.807, 2.05) is 39.8 Å². The van der Waals surface area contributed by atoms with E-state index in [1.165, 1.54) is 34.1 Å². The molecular formula is C30H38F2N2O3. The lowest BCUT2D eigenvalue weighted by molar-refractivity contribution is -0.143. The van der Waals surface area contributed by atoms with Gasteiger partial charge in [0.25, 0.3) is 0 Å². The van der Waals surface area contributed by atoms with Crippen LogP contribution < -0.4 is 0 Å². The molecule has 37 heavy (non-hydrogen) atoms. The molecule has 5 rings (SSSR count). The smallest absolute Gasteiger partial charge is 0.274 e. The molecular weight excluding hydrogens is 474 g/mol. The molecule has 2 aliphatic carbocycles. The summed E-state index contributed by atoms with van der Waals surface area (Å²) in [4.78, 5) is 41.0. The van der Waals surface area contributed by atoms with E-state index in [-0.39, 0.29) is 42.0 Å². The molecule has 7 heteroatoms. The van der Waals surface area contributed by atoms with Crippen LogP contribution in [-0.2, 0) is 22.4 Å². The Morgan fingerprint density at radius 3 is 1.38 bits per heavy atom. The molecule has 1 aliphatic heterocycles. The molecule has 4 amide bonds. The average Bonchev–Trinajstić information content (AvgIpc) is 3.81. The third kappa shape index (κ3) is 7.02. The van der Waals surface area contributed by atoms with Crippen LogP contribution in [-0.4, -0.2) is 40.7 Å². The molecule has 0 atom stereocenters. The van der Waals surface area contributed by atoms with Crippen LogP contribution in [0.4, 0.5) is 13.6 Å². The molecule has 0 aromatic heterocycles. The third-order valence-corrected chi connectivity index (χ3v) is 7.20. The van der Waals surface area contributed by atoms with E-state index in [1.54, 1.807) is 12.1 Å². The predicted octanol–water partition coefficient (Wildman–Crippen LogP) is 6.54. The topological polar surface area (TPSA) is 57.7 Å². The lowest BCUT2D eigenvalue weighted by atomic mass is 9.94. The number of benzene rings is 2. The van der Waals surface area contributed by atoms with Gasteiger partial charge in [0.1, 0.15) is 18.1 Å². The summed E-state index contributed by atoms with van der Waals surface area (Å²) in [6.07, 6.45) is 4.22. The van der Waals surface area contributed by atoms with Gasteiger partial charge in [-0.05, 0) is 84.7 Å². The number of hydrogen-bond acceptors (Lipinski definition) is 3. The minimum atomic E-state index is -0.563. The number of hydrogen-bond donors (Lipinski definition) is 0. The van der Waals surface area contributed by atoms with Crippen LogP contribution >= 0.6 is 0 Å². The molecule has 3 aliphatic rings. The van der Waals surface area contributed by atoms with Crippen molar-refractivity contribution in [2.24, 2.45) is 10.8 Å². The van der Waals surface area contributed by atoms with Crippen LogP contribution in [0, 0.1) is 22.5 Å². The first-order valence-electron chi connectivity index (χ1n) is 13.4. The quantitative estimate of drug-likeness (QED) is 0.377. The van der Waals surface area contributed by atoms with Crippen molar-refractivity contribution in [2.75, 3.05) is 13.1 Å². The number of imide groups is 2. The van der Waals surface area contributed by atoms with Crippen molar-refractivity contribution >= 4 is 17.8 Å². The van der Waals surface area contributed by atoms with Gasteiger partial charge in [0.2, 0.25) is 11.8 Å². The maximum Gasteiger partial charge on any atom is 0.333 e. The second-order valence-electron chi connectivity index (χ2n) is 10.0. The predicted molar refractivity (Wildman–Crippen MR) is 140 cm³/mol. The van der Waals surface area contributed by atoms with Crippen molar-refractivity contribution in [1.29, 1.82) is 0 Å². The van der Waals surface area contributed by atoms with Crippen molar-refractivity contribution in [2.45, 2.75) is 72.6 Å². The Morgan fingerprint density at radius 1 is 0.676 bits per heavy atom. The number of rotatable bonds is 8. The molecule has 0 spiro atoms. The Morgan fingerprint density at radius 2 is 1.05 bits per heavy atom. The monoisotopic (exact) mass is 512 g/mol. The molecule has 1 saturated heterocycles. The highest BCUT2D eigenvalue weighted by Crippen LogP contribution is 2.51. The van der Waals surface area contributed by atoms with Crippen molar-refractivity contribution in [3.8, 4) is 0 Å². The zero-order chi connectivity index (χ0) is 27.2. The third-order valence-electron chi connectivity index (χ3n) is 7.20. The highest BCUT2D eigenvalue weighted by atomic mass is 19.1. The van der Waals surface area contributed by atoms with E-state index in [4.69, 9.17) is 0 Å². The highest BCUT2D eigenvalue weighted by Gasteiger charge is 2.52.